The van der Waals surface area contributed by atoms with Crippen molar-refractivity contribution in [1.82, 2.24) is 5.32 Å². The van der Waals surface area contributed by atoms with Crippen molar-refractivity contribution in [2.45, 2.75) is 18.4 Å². The van der Waals surface area contributed by atoms with Crippen LogP contribution in [0.15, 0.2) is 83.3 Å². The van der Waals surface area contributed by atoms with Crippen molar-refractivity contribution < 1.29 is 27.1 Å². The number of hydrogen-bond acceptors (Lipinski definition) is 8. The first-order chi connectivity index (χ1) is 17.2. The molecule has 3 rings (SSSR count). The standard InChI is InChI=1S/C25H21N3O7S/c1-2-34-24-14-19(13-20(16-26)25(29)27-17-18-7-4-3-5-8-18)11-12-23(24)35-36(32,33)22-10-6-9-21(15-22)28(30)31/h3-15H,2,17H2,1H3,(H,27,29)/b20-13+. The highest BCUT2D eigenvalue weighted by Gasteiger charge is 2.22. The van der Waals surface area contributed by atoms with Gasteiger partial charge < -0.3 is 14.2 Å². The zero-order chi connectivity index (χ0) is 26.1. The van der Waals surface area contributed by atoms with Gasteiger partial charge in [0.15, 0.2) is 11.5 Å². The monoisotopic (exact) mass is 507 g/mol. The first-order valence-electron chi connectivity index (χ1n) is 10.6. The first-order valence-corrected chi connectivity index (χ1v) is 12.0. The number of nitro groups is 1. The number of nitrogens with one attached hydrogen (secondary N) is 1. The first kappa shape index (κ1) is 25.9. The molecule has 1 amide bonds. The van der Waals surface area contributed by atoms with Gasteiger partial charge in [0, 0.05) is 18.7 Å². The summed E-state index contributed by atoms with van der Waals surface area (Å²) in [6.07, 6.45) is 1.34. The fourth-order valence-corrected chi connectivity index (χ4v) is 4.04. The number of rotatable bonds is 10. The summed E-state index contributed by atoms with van der Waals surface area (Å²) in [5.41, 5.74) is 0.698. The Morgan fingerprint density at radius 3 is 2.50 bits per heavy atom. The highest BCUT2D eigenvalue weighted by Crippen LogP contribution is 2.32. The average Bonchev–Trinajstić information content (AvgIpc) is 2.88. The maximum Gasteiger partial charge on any atom is 0.339 e. The zero-order valence-electron chi connectivity index (χ0n) is 19.1. The molecule has 3 aromatic rings. The molecule has 1 N–H and O–H groups in total. The largest absolute Gasteiger partial charge is 0.490 e. The number of ether oxygens (including phenoxy) is 1. The third-order valence-corrected chi connectivity index (χ3v) is 5.99. The number of nitriles is 1. The smallest absolute Gasteiger partial charge is 0.339 e. The lowest BCUT2D eigenvalue weighted by atomic mass is 10.1. The van der Waals surface area contributed by atoms with E-state index in [0.29, 0.717) is 5.56 Å². The highest BCUT2D eigenvalue weighted by atomic mass is 32.2. The molecule has 0 aliphatic heterocycles. The van der Waals surface area contributed by atoms with Gasteiger partial charge in [-0.15, -0.1) is 0 Å². The average molecular weight is 508 g/mol. The lowest BCUT2D eigenvalue weighted by molar-refractivity contribution is -0.385. The number of hydrogen-bond donors (Lipinski definition) is 1. The van der Waals surface area contributed by atoms with Crippen LogP contribution in [0, 0.1) is 21.4 Å². The summed E-state index contributed by atoms with van der Waals surface area (Å²) in [6.45, 7) is 2.09. The molecule has 0 bridgehead atoms. The van der Waals surface area contributed by atoms with E-state index >= 15 is 0 Å². The molecule has 184 valence electrons. The second-order valence-corrected chi connectivity index (χ2v) is 8.82. The fraction of sp³-hybridized carbons (Fsp3) is 0.120. The van der Waals surface area contributed by atoms with E-state index in [0.717, 1.165) is 17.7 Å². The Kier molecular flexibility index (Phi) is 8.38. The van der Waals surface area contributed by atoms with Crippen molar-refractivity contribution in [3.05, 3.63) is 99.6 Å². The molecule has 0 saturated heterocycles. The lowest BCUT2D eigenvalue weighted by Gasteiger charge is -2.13. The predicted molar refractivity (Wildman–Crippen MR) is 130 cm³/mol. The minimum Gasteiger partial charge on any atom is -0.490 e. The van der Waals surface area contributed by atoms with Crippen LogP contribution < -0.4 is 14.2 Å². The van der Waals surface area contributed by atoms with E-state index in [1.165, 1.54) is 36.4 Å². The number of nitrogens with zero attached hydrogens (tertiary/aromatic N) is 2. The maximum absolute atomic E-state index is 12.7. The van der Waals surface area contributed by atoms with E-state index in [4.69, 9.17) is 8.92 Å². The number of non-ortho nitro benzene ring substituents is 1. The molecule has 0 spiro atoms. The number of benzene rings is 3. The summed E-state index contributed by atoms with van der Waals surface area (Å²) in [6, 6.07) is 19.7. The van der Waals surface area contributed by atoms with E-state index in [1.54, 1.807) is 6.92 Å². The van der Waals surface area contributed by atoms with Crippen LogP contribution in [0.3, 0.4) is 0 Å². The second-order valence-electron chi connectivity index (χ2n) is 7.27. The van der Waals surface area contributed by atoms with Gasteiger partial charge in [-0.2, -0.15) is 13.7 Å². The van der Waals surface area contributed by atoms with Crippen molar-refractivity contribution in [2.24, 2.45) is 0 Å². The van der Waals surface area contributed by atoms with Crippen molar-refractivity contribution in [3.8, 4) is 17.6 Å². The van der Waals surface area contributed by atoms with Crippen LogP contribution in [0.25, 0.3) is 6.08 Å². The molecule has 0 aliphatic rings. The van der Waals surface area contributed by atoms with Crippen LogP contribution in [0.1, 0.15) is 18.1 Å². The van der Waals surface area contributed by atoms with Gasteiger partial charge in [0.2, 0.25) is 0 Å². The molecule has 11 heteroatoms. The molecular weight excluding hydrogens is 486 g/mol. The summed E-state index contributed by atoms with van der Waals surface area (Å²) in [7, 11) is -4.41. The van der Waals surface area contributed by atoms with Crippen molar-refractivity contribution in [1.29, 1.82) is 5.26 Å². The molecule has 0 unspecified atom stereocenters. The van der Waals surface area contributed by atoms with Gasteiger partial charge in [0.1, 0.15) is 16.5 Å². The summed E-state index contributed by atoms with van der Waals surface area (Å²) >= 11 is 0. The Balaban J connectivity index is 1.84. The van der Waals surface area contributed by atoms with Crippen molar-refractivity contribution in [3.63, 3.8) is 0 Å². The summed E-state index contributed by atoms with van der Waals surface area (Å²) < 4.78 is 36.1. The van der Waals surface area contributed by atoms with Gasteiger partial charge >= 0.3 is 10.1 Å². The van der Waals surface area contributed by atoms with Gasteiger partial charge in [-0.1, -0.05) is 42.5 Å². The number of nitro benzene ring substituents is 1. The molecule has 0 fully saturated rings. The molecule has 0 aliphatic carbocycles. The van der Waals surface area contributed by atoms with Gasteiger partial charge in [0.25, 0.3) is 11.6 Å². The third-order valence-electron chi connectivity index (χ3n) is 4.76. The van der Waals surface area contributed by atoms with Gasteiger partial charge in [-0.05, 0) is 42.3 Å². The second kappa shape index (κ2) is 11.6. The van der Waals surface area contributed by atoms with Crippen LogP contribution in [0.2, 0.25) is 0 Å². The number of carbonyl (C=O) groups is 1. The third kappa shape index (κ3) is 6.68. The SMILES string of the molecule is CCOc1cc(/C=C(\C#N)C(=O)NCc2ccccc2)ccc1OS(=O)(=O)c1cccc([N+](=O)[O-])c1. The van der Waals surface area contributed by atoms with Crippen LogP contribution in [0.4, 0.5) is 5.69 Å². The Morgan fingerprint density at radius 1 is 1.08 bits per heavy atom. The fourth-order valence-electron chi connectivity index (χ4n) is 3.06. The minimum absolute atomic E-state index is 0.0437. The summed E-state index contributed by atoms with van der Waals surface area (Å²) in [4.78, 5) is 22.3. The van der Waals surface area contributed by atoms with Crippen LogP contribution in [-0.4, -0.2) is 25.9 Å². The number of amides is 1. The highest BCUT2D eigenvalue weighted by molar-refractivity contribution is 7.87. The van der Waals surface area contributed by atoms with Gasteiger partial charge in [0.05, 0.1) is 11.5 Å². The Labute approximate surface area is 207 Å². The van der Waals surface area contributed by atoms with E-state index < -0.39 is 31.5 Å². The molecule has 0 radical (unpaired) electrons. The maximum atomic E-state index is 12.7. The molecule has 0 atom stereocenters. The Hall–Kier alpha value is -4.69. The molecule has 0 saturated carbocycles. The molecule has 36 heavy (non-hydrogen) atoms. The van der Waals surface area contributed by atoms with Crippen molar-refractivity contribution in [2.75, 3.05) is 6.61 Å². The quantitative estimate of drug-likeness (QED) is 0.142. The molecule has 0 heterocycles. The minimum atomic E-state index is -4.41. The molecule has 0 aromatic heterocycles. The Bertz CT molecular complexity index is 1450. The molecular formula is C25H21N3O7S. The van der Waals surface area contributed by atoms with E-state index in [-0.39, 0.29) is 30.2 Å². The van der Waals surface area contributed by atoms with Crippen LogP contribution in [0.5, 0.6) is 11.5 Å². The molecule has 10 nitrogen and oxygen atoms in total. The van der Waals surface area contributed by atoms with E-state index in [1.807, 2.05) is 36.4 Å². The van der Waals surface area contributed by atoms with Crippen LogP contribution in [-0.2, 0) is 21.5 Å². The Morgan fingerprint density at radius 2 is 1.83 bits per heavy atom. The predicted octanol–water partition coefficient (Wildman–Crippen LogP) is 3.98. The topological polar surface area (TPSA) is 149 Å². The summed E-state index contributed by atoms with van der Waals surface area (Å²) in [5, 5.41) is 23.1. The molecule has 3 aromatic carbocycles. The van der Waals surface area contributed by atoms with E-state index in [9.17, 15) is 28.6 Å². The summed E-state index contributed by atoms with van der Waals surface area (Å²) in [5.74, 6) is -0.692. The van der Waals surface area contributed by atoms with Gasteiger partial charge in [-0.3, -0.25) is 14.9 Å². The zero-order valence-corrected chi connectivity index (χ0v) is 19.9. The van der Waals surface area contributed by atoms with E-state index in [2.05, 4.69) is 5.32 Å². The van der Waals surface area contributed by atoms with Crippen molar-refractivity contribution >= 4 is 27.8 Å². The van der Waals surface area contributed by atoms with Crippen LogP contribution >= 0.6 is 0 Å². The van der Waals surface area contributed by atoms with Gasteiger partial charge in [-0.25, -0.2) is 0 Å². The lowest BCUT2D eigenvalue weighted by Crippen LogP contribution is -2.23. The number of carbonyl (C=O) groups excluding carboxylic acids is 1. The normalized spacial score (nSPS) is 11.3.